The fourth-order valence-corrected chi connectivity index (χ4v) is 4.86. The van der Waals surface area contributed by atoms with Crippen molar-refractivity contribution in [2.24, 2.45) is 5.10 Å². The Morgan fingerprint density at radius 1 is 0.931 bits per heavy atom. The topological polar surface area (TPSA) is 24.8 Å². The third-order valence-electron chi connectivity index (χ3n) is 5.16. The molecule has 0 aromatic heterocycles. The van der Waals surface area contributed by atoms with Gasteiger partial charge in [-0.05, 0) is 35.9 Å². The molecular formula is C22H14BrCl3N2O. The van der Waals surface area contributed by atoms with Crippen LogP contribution in [-0.4, -0.2) is 10.7 Å². The van der Waals surface area contributed by atoms with E-state index in [1.165, 1.54) is 0 Å². The molecule has 3 aromatic rings. The number of hydrogen-bond donors (Lipinski definition) is 0. The molecule has 0 N–H and O–H groups in total. The lowest BCUT2D eigenvalue weighted by molar-refractivity contribution is -0.0188. The van der Waals surface area contributed by atoms with Crippen molar-refractivity contribution in [2.45, 2.75) is 18.7 Å². The maximum absolute atomic E-state index is 6.50. The molecule has 3 aromatic carbocycles. The third kappa shape index (κ3) is 3.42. The zero-order valence-electron chi connectivity index (χ0n) is 14.9. The van der Waals surface area contributed by atoms with E-state index in [1.807, 2.05) is 47.5 Å². The van der Waals surface area contributed by atoms with Gasteiger partial charge in [0, 0.05) is 32.1 Å². The molecule has 5 rings (SSSR count). The SMILES string of the molecule is Clc1cc(Cl)c2c(c1)[C@@H]1CC(c3ccc(Br)cc3)=NN1[C@@H](c1ccccc1Cl)O2. The summed E-state index contributed by atoms with van der Waals surface area (Å²) in [6.07, 6.45) is 0.239. The molecule has 0 saturated heterocycles. The molecule has 0 unspecified atom stereocenters. The Hall–Kier alpha value is -1.72. The quantitative estimate of drug-likeness (QED) is 0.355. The van der Waals surface area contributed by atoms with Crippen molar-refractivity contribution < 1.29 is 4.74 Å². The first kappa shape index (κ1) is 19.3. The normalized spacial score (nSPS) is 20.0. The second kappa shape index (κ2) is 7.51. The van der Waals surface area contributed by atoms with Crippen LogP contribution in [0.2, 0.25) is 15.1 Å². The van der Waals surface area contributed by atoms with Crippen LogP contribution in [0.4, 0.5) is 0 Å². The molecule has 2 aliphatic heterocycles. The molecule has 2 heterocycles. The molecule has 29 heavy (non-hydrogen) atoms. The second-order valence-electron chi connectivity index (χ2n) is 6.95. The van der Waals surface area contributed by atoms with Crippen molar-refractivity contribution in [2.75, 3.05) is 0 Å². The smallest absolute Gasteiger partial charge is 0.215 e. The van der Waals surface area contributed by atoms with E-state index >= 15 is 0 Å². The van der Waals surface area contributed by atoms with Gasteiger partial charge in [-0.2, -0.15) is 5.10 Å². The minimum absolute atomic E-state index is 0.0464. The zero-order valence-corrected chi connectivity index (χ0v) is 18.8. The fourth-order valence-electron chi connectivity index (χ4n) is 3.81. The van der Waals surface area contributed by atoms with E-state index in [0.717, 1.165) is 33.3 Å². The summed E-state index contributed by atoms with van der Waals surface area (Å²) in [6.45, 7) is 0. The molecule has 0 aliphatic carbocycles. The number of halogens is 4. The van der Waals surface area contributed by atoms with Crippen LogP contribution in [0.15, 0.2) is 70.2 Å². The van der Waals surface area contributed by atoms with Crippen molar-refractivity contribution in [3.63, 3.8) is 0 Å². The minimum atomic E-state index is -0.479. The average molecular weight is 509 g/mol. The Bertz CT molecular complexity index is 1130. The Labute approximate surface area is 192 Å². The van der Waals surface area contributed by atoms with Gasteiger partial charge >= 0.3 is 0 Å². The molecule has 2 aliphatic rings. The lowest BCUT2D eigenvalue weighted by atomic mass is 9.96. The highest BCUT2D eigenvalue weighted by atomic mass is 79.9. The van der Waals surface area contributed by atoms with Crippen LogP contribution >= 0.6 is 50.7 Å². The highest BCUT2D eigenvalue weighted by Gasteiger charge is 2.42. The fraction of sp³-hybridized carbons (Fsp3) is 0.136. The van der Waals surface area contributed by atoms with Crippen LogP contribution in [0.1, 0.15) is 35.4 Å². The predicted octanol–water partition coefficient (Wildman–Crippen LogP) is 7.65. The van der Waals surface area contributed by atoms with E-state index in [9.17, 15) is 0 Å². The second-order valence-corrected chi connectivity index (χ2v) is 9.12. The first-order chi connectivity index (χ1) is 14.0. The van der Waals surface area contributed by atoms with Gasteiger partial charge in [0.2, 0.25) is 6.23 Å². The van der Waals surface area contributed by atoms with Crippen LogP contribution in [0.3, 0.4) is 0 Å². The van der Waals surface area contributed by atoms with Gasteiger partial charge < -0.3 is 4.74 Å². The summed E-state index contributed by atoms with van der Waals surface area (Å²) in [6, 6.07) is 19.3. The van der Waals surface area contributed by atoms with Crippen molar-refractivity contribution in [3.05, 3.63) is 96.9 Å². The number of benzene rings is 3. The van der Waals surface area contributed by atoms with Crippen molar-refractivity contribution in [1.29, 1.82) is 0 Å². The van der Waals surface area contributed by atoms with Gasteiger partial charge in [-0.1, -0.05) is 81.1 Å². The van der Waals surface area contributed by atoms with Gasteiger partial charge in [0.25, 0.3) is 0 Å². The summed E-state index contributed by atoms with van der Waals surface area (Å²) in [7, 11) is 0. The number of ether oxygens (including phenoxy) is 1. The van der Waals surface area contributed by atoms with Crippen molar-refractivity contribution >= 4 is 56.4 Å². The Balaban J connectivity index is 1.65. The molecule has 3 nitrogen and oxygen atoms in total. The maximum Gasteiger partial charge on any atom is 0.215 e. The summed E-state index contributed by atoms with van der Waals surface area (Å²) >= 11 is 22.8. The molecule has 0 amide bonds. The number of hydrogen-bond acceptors (Lipinski definition) is 3. The van der Waals surface area contributed by atoms with E-state index in [1.54, 1.807) is 6.07 Å². The zero-order chi connectivity index (χ0) is 20.1. The summed E-state index contributed by atoms with van der Waals surface area (Å²) in [5.74, 6) is 0.634. The average Bonchev–Trinajstić information content (AvgIpc) is 3.14. The van der Waals surface area contributed by atoms with Gasteiger partial charge in [0.1, 0.15) is 5.75 Å². The number of rotatable bonds is 2. The van der Waals surface area contributed by atoms with Crippen molar-refractivity contribution in [1.82, 2.24) is 5.01 Å². The van der Waals surface area contributed by atoms with E-state index in [4.69, 9.17) is 44.6 Å². The van der Waals surface area contributed by atoms with Crippen LogP contribution in [0.25, 0.3) is 0 Å². The Kier molecular flexibility index (Phi) is 4.99. The highest BCUT2D eigenvalue weighted by Crippen LogP contribution is 2.51. The highest BCUT2D eigenvalue weighted by molar-refractivity contribution is 9.10. The summed E-state index contributed by atoms with van der Waals surface area (Å²) < 4.78 is 7.36. The molecule has 0 saturated carbocycles. The predicted molar refractivity (Wildman–Crippen MR) is 121 cm³/mol. The van der Waals surface area contributed by atoms with Crippen LogP contribution in [0, 0.1) is 0 Å². The molecule has 7 heteroatoms. The van der Waals surface area contributed by atoms with E-state index in [2.05, 4.69) is 28.1 Å². The maximum atomic E-state index is 6.50. The van der Waals surface area contributed by atoms with Crippen LogP contribution in [0.5, 0.6) is 5.75 Å². The Morgan fingerprint density at radius 3 is 2.45 bits per heavy atom. The number of nitrogens with zero attached hydrogens (tertiary/aromatic N) is 2. The summed E-state index contributed by atoms with van der Waals surface area (Å²) in [5.41, 5.74) is 3.82. The first-order valence-corrected chi connectivity index (χ1v) is 11.0. The molecule has 0 spiro atoms. The lowest BCUT2D eigenvalue weighted by Crippen LogP contribution is -2.34. The van der Waals surface area contributed by atoms with Gasteiger partial charge in [-0.25, -0.2) is 5.01 Å². The van der Waals surface area contributed by atoms with Gasteiger partial charge in [0.15, 0.2) is 0 Å². The standard InChI is InChI=1S/C22H14BrCl3N2O/c23-13-7-5-12(6-8-13)19-11-20-16-9-14(24)10-18(26)21(16)29-22(28(20)27-19)15-3-1-2-4-17(15)25/h1-10,20,22H,11H2/t20-,22+/m0/s1. The lowest BCUT2D eigenvalue weighted by Gasteiger charge is -2.38. The van der Waals surface area contributed by atoms with Gasteiger partial charge in [-0.3, -0.25) is 0 Å². The van der Waals surface area contributed by atoms with Crippen molar-refractivity contribution in [3.8, 4) is 5.75 Å². The monoisotopic (exact) mass is 506 g/mol. The Morgan fingerprint density at radius 2 is 1.69 bits per heavy atom. The number of fused-ring (bicyclic) bond motifs is 3. The van der Waals surface area contributed by atoms with E-state index in [0.29, 0.717) is 20.8 Å². The molecule has 0 fully saturated rings. The van der Waals surface area contributed by atoms with Gasteiger partial charge in [-0.15, -0.1) is 0 Å². The van der Waals surface area contributed by atoms with Crippen LogP contribution in [-0.2, 0) is 0 Å². The summed E-state index contributed by atoms with van der Waals surface area (Å²) in [5, 5.41) is 8.58. The van der Waals surface area contributed by atoms with E-state index in [-0.39, 0.29) is 6.04 Å². The minimum Gasteiger partial charge on any atom is -0.463 e. The van der Waals surface area contributed by atoms with Gasteiger partial charge in [0.05, 0.1) is 16.8 Å². The number of hydrazone groups is 1. The molecular weight excluding hydrogens is 495 g/mol. The molecule has 0 radical (unpaired) electrons. The molecule has 2 atom stereocenters. The molecule has 146 valence electrons. The molecule has 0 bridgehead atoms. The largest absolute Gasteiger partial charge is 0.463 e. The van der Waals surface area contributed by atoms with E-state index < -0.39 is 6.23 Å². The van der Waals surface area contributed by atoms with Crippen LogP contribution < -0.4 is 4.74 Å². The summed E-state index contributed by atoms with van der Waals surface area (Å²) in [4.78, 5) is 0. The first-order valence-electron chi connectivity index (χ1n) is 9.03. The third-order valence-corrected chi connectivity index (χ3v) is 6.53.